The number of aromatic amines is 1. The maximum atomic E-state index is 13.1. The lowest BCUT2D eigenvalue weighted by Crippen LogP contribution is -2.98. The summed E-state index contributed by atoms with van der Waals surface area (Å²) in [5, 5.41) is 6.37. The van der Waals surface area contributed by atoms with Crippen LogP contribution >= 0.6 is 15.9 Å². The molecule has 3 aromatic rings. The maximum Gasteiger partial charge on any atom is 0.297 e. The van der Waals surface area contributed by atoms with Crippen molar-refractivity contribution in [3.8, 4) is 5.75 Å². The molecule has 5 nitrogen and oxygen atoms in total. The Labute approximate surface area is 152 Å². The van der Waals surface area contributed by atoms with Crippen molar-refractivity contribution in [2.24, 2.45) is 0 Å². The van der Waals surface area contributed by atoms with E-state index in [4.69, 9.17) is 4.74 Å². The highest BCUT2D eigenvalue weighted by Gasteiger charge is 2.56. The van der Waals surface area contributed by atoms with E-state index >= 15 is 0 Å². The summed E-state index contributed by atoms with van der Waals surface area (Å²) in [5.41, 5.74) is 4.36. The highest BCUT2D eigenvalue weighted by Crippen LogP contribution is 2.43. The number of aromatic nitrogens is 1. The van der Waals surface area contributed by atoms with Gasteiger partial charge in [-0.25, -0.2) is 0 Å². The number of hydrogen-bond acceptors (Lipinski definition) is 2. The minimum absolute atomic E-state index is 0.0140. The number of hydrogen-bond donors (Lipinski definition) is 3. The highest BCUT2D eigenvalue weighted by atomic mass is 79.9. The van der Waals surface area contributed by atoms with Gasteiger partial charge in [0.2, 0.25) is 5.54 Å². The molecule has 4 N–H and O–H groups in total. The Bertz CT molecular complexity index is 1040. The summed E-state index contributed by atoms with van der Waals surface area (Å²) in [4.78, 5) is 16.6. The average Bonchev–Trinajstić information content (AvgIpc) is 3.12. The molecule has 1 spiro atoms. The zero-order chi connectivity index (χ0) is 17.2. The van der Waals surface area contributed by atoms with Crippen molar-refractivity contribution in [2.75, 3.05) is 19.0 Å². The molecule has 0 aliphatic carbocycles. The van der Waals surface area contributed by atoms with Crippen LogP contribution in [0.4, 0.5) is 5.69 Å². The van der Waals surface area contributed by atoms with Gasteiger partial charge in [-0.15, -0.1) is 0 Å². The number of carbonyl (C=O) groups excluding carboxylic acids is 1. The minimum Gasteiger partial charge on any atom is -0.497 e. The van der Waals surface area contributed by atoms with Crippen molar-refractivity contribution in [1.82, 2.24) is 4.98 Å². The fraction of sp³-hybridized carbons (Fsp3) is 0.211. The van der Waals surface area contributed by atoms with E-state index in [9.17, 15) is 4.79 Å². The van der Waals surface area contributed by atoms with Gasteiger partial charge in [0.05, 0.1) is 30.6 Å². The largest absolute Gasteiger partial charge is 0.497 e. The Morgan fingerprint density at radius 1 is 1.24 bits per heavy atom. The minimum atomic E-state index is -0.751. The number of nitrogens with two attached hydrogens (primary N) is 1. The first kappa shape index (κ1) is 15.0. The normalized spacial score (nSPS) is 21.3. The number of anilines is 1. The summed E-state index contributed by atoms with van der Waals surface area (Å²) in [7, 11) is 1.66. The van der Waals surface area contributed by atoms with Crippen molar-refractivity contribution >= 4 is 38.4 Å². The van der Waals surface area contributed by atoms with Crippen molar-refractivity contribution in [3.63, 3.8) is 0 Å². The third-order valence-corrected chi connectivity index (χ3v) is 5.86. The Hall–Kier alpha value is -2.31. The lowest BCUT2D eigenvalue weighted by molar-refractivity contribution is -0.713. The number of quaternary nitrogens is 1. The number of fused-ring (bicyclic) bond motifs is 6. The molecule has 3 heterocycles. The van der Waals surface area contributed by atoms with Gasteiger partial charge in [0.25, 0.3) is 5.91 Å². The lowest BCUT2D eigenvalue weighted by atomic mass is 9.82. The molecule has 126 valence electrons. The summed E-state index contributed by atoms with van der Waals surface area (Å²) < 4.78 is 6.32. The number of nitrogens with one attached hydrogen (secondary N) is 2. The maximum absolute atomic E-state index is 13.1. The number of benzene rings is 2. The molecule has 0 bridgehead atoms. The number of amides is 1. The van der Waals surface area contributed by atoms with E-state index in [0.29, 0.717) is 0 Å². The van der Waals surface area contributed by atoms with Crippen LogP contribution in [0.25, 0.3) is 10.9 Å². The van der Waals surface area contributed by atoms with Gasteiger partial charge in [0.15, 0.2) is 0 Å². The van der Waals surface area contributed by atoms with Crippen molar-refractivity contribution in [1.29, 1.82) is 0 Å². The number of ether oxygens (including phenoxy) is 1. The molecule has 5 rings (SSSR count). The van der Waals surface area contributed by atoms with Gasteiger partial charge in [0.1, 0.15) is 5.75 Å². The van der Waals surface area contributed by atoms with Gasteiger partial charge in [-0.3, -0.25) is 4.79 Å². The second-order valence-corrected chi connectivity index (χ2v) is 7.50. The molecule has 1 amide bonds. The molecule has 25 heavy (non-hydrogen) atoms. The zero-order valence-electron chi connectivity index (χ0n) is 13.7. The topological polar surface area (TPSA) is 70.7 Å². The molecule has 1 aromatic heterocycles. The van der Waals surface area contributed by atoms with E-state index in [2.05, 4.69) is 37.6 Å². The van der Waals surface area contributed by atoms with Crippen LogP contribution in [0.1, 0.15) is 16.8 Å². The molecule has 0 unspecified atom stereocenters. The van der Waals surface area contributed by atoms with E-state index in [0.717, 1.165) is 45.6 Å². The van der Waals surface area contributed by atoms with Gasteiger partial charge in [0, 0.05) is 27.9 Å². The molecule has 2 aliphatic rings. The van der Waals surface area contributed by atoms with Crippen LogP contribution in [-0.2, 0) is 16.8 Å². The summed E-state index contributed by atoms with van der Waals surface area (Å²) in [6.45, 7) is 0.866. The van der Waals surface area contributed by atoms with Crippen molar-refractivity contribution in [3.05, 3.63) is 57.7 Å². The van der Waals surface area contributed by atoms with E-state index in [-0.39, 0.29) is 5.91 Å². The SMILES string of the molecule is COc1ccc2c3c([nH]c2c1)[C@]1([NH2+]CC3)C(=O)Nc2ccc(Br)cc21. The second-order valence-electron chi connectivity index (χ2n) is 6.58. The third kappa shape index (κ3) is 1.89. The molecule has 1 atom stereocenters. The Kier molecular flexibility index (Phi) is 3.05. The van der Waals surface area contributed by atoms with Crippen molar-refractivity contribution in [2.45, 2.75) is 12.0 Å². The predicted octanol–water partition coefficient (Wildman–Crippen LogP) is 2.25. The van der Waals surface area contributed by atoms with E-state index in [1.807, 2.05) is 30.3 Å². The van der Waals surface area contributed by atoms with Gasteiger partial charge in [-0.2, -0.15) is 0 Å². The number of H-pyrrole nitrogens is 1. The zero-order valence-corrected chi connectivity index (χ0v) is 15.2. The molecular formula is C19H17BrN3O2+. The fourth-order valence-electron chi connectivity index (χ4n) is 4.24. The Morgan fingerprint density at radius 3 is 2.96 bits per heavy atom. The monoisotopic (exact) mass is 398 g/mol. The van der Waals surface area contributed by atoms with E-state index in [1.165, 1.54) is 10.9 Å². The summed E-state index contributed by atoms with van der Waals surface area (Å²) in [6, 6.07) is 12.0. The van der Waals surface area contributed by atoms with Gasteiger partial charge in [-0.05, 0) is 35.9 Å². The number of halogens is 1. The van der Waals surface area contributed by atoms with Crippen LogP contribution in [0, 0.1) is 0 Å². The van der Waals surface area contributed by atoms with Crippen LogP contribution in [0.2, 0.25) is 0 Å². The lowest BCUT2D eigenvalue weighted by Gasteiger charge is -2.29. The molecule has 0 radical (unpaired) electrons. The molecule has 0 fully saturated rings. The van der Waals surface area contributed by atoms with E-state index < -0.39 is 5.54 Å². The molecular weight excluding hydrogens is 382 g/mol. The molecule has 2 aromatic carbocycles. The Morgan fingerprint density at radius 2 is 2.12 bits per heavy atom. The number of rotatable bonds is 1. The van der Waals surface area contributed by atoms with E-state index in [1.54, 1.807) is 7.11 Å². The summed E-state index contributed by atoms with van der Waals surface area (Å²) in [6.07, 6.45) is 0.931. The summed E-state index contributed by atoms with van der Waals surface area (Å²) in [5.74, 6) is 0.822. The van der Waals surface area contributed by atoms with Crippen molar-refractivity contribution < 1.29 is 14.8 Å². The van der Waals surface area contributed by atoms with Crippen LogP contribution < -0.4 is 15.4 Å². The first-order chi connectivity index (χ1) is 12.1. The fourth-order valence-corrected chi connectivity index (χ4v) is 4.60. The molecule has 2 aliphatic heterocycles. The van der Waals surface area contributed by atoms with Crippen LogP contribution in [-0.4, -0.2) is 24.5 Å². The smallest absolute Gasteiger partial charge is 0.297 e. The standard InChI is InChI=1S/C19H16BrN3O2/c1-25-11-3-4-12-13-6-7-21-19(17(13)22-16(12)9-11)14-8-10(20)2-5-15(14)23-18(19)24/h2-5,8-9,21-22H,6-7H2,1H3,(H,23,24)/p+1/t19-/m0/s1. The van der Waals surface area contributed by atoms with Crippen LogP contribution in [0.15, 0.2) is 40.9 Å². The third-order valence-electron chi connectivity index (χ3n) is 5.37. The quantitative estimate of drug-likeness (QED) is 0.588. The molecule has 0 saturated heterocycles. The molecule has 0 saturated carbocycles. The second kappa shape index (κ2) is 5.09. The van der Waals surface area contributed by atoms with Gasteiger partial charge >= 0.3 is 0 Å². The predicted molar refractivity (Wildman–Crippen MR) is 98.9 cm³/mol. The number of methoxy groups -OCH3 is 1. The average molecular weight is 399 g/mol. The van der Waals surface area contributed by atoms with Crippen LogP contribution in [0.5, 0.6) is 5.75 Å². The first-order valence-corrected chi connectivity index (χ1v) is 9.08. The molecule has 6 heteroatoms. The van der Waals surface area contributed by atoms with Gasteiger partial charge < -0.3 is 20.4 Å². The van der Waals surface area contributed by atoms with Crippen LogP contribution in [0.3, 0.4) is 0 Å². The van der Waals surface area contributed by atoms with Gasteiger partial charge in [-0.1, -0.05) is 15.9 Å². The summed E-state index contributed by atoms with van der Waals surface area (Å²) >= 11 is 3.55. The highest BCUT2D eigenvalue weighted by molar-refractivity contribution is 9.10. The Balaban J connectivity index is 1.82. The number of carbonyl (C=O) groups is 1. The first-order valence-electron chi connectivity index (χ1n) is 8.28.